The number of nitrogens with zero attached hydrogens (tertiary/aromatic N) is 1. The van der Waals surface area contributed by atoms with Crippen molar-refractivity contribution in [3.63, 3.8) is 0 Å². The molecule has 0 aromatic heterocycles. The van der Waals surface area contributed by atoms with Crippen LogP contribution in [-0.2, 0) is 9.59 Å². The largest absolute Gasteiger partial charge is 0.274 e. The molecule has 0 bridgehead atoms. The van der Waals surface area contributed by atoms with Gasteiger partial charge in [0, 0.05) is 11.4 Å². The molecule has 1 atom stereocenters. The zero-order valence-electron chi connectivity index (χ0n) is 9.35. The minimum Gasteiger partial charge on any atom is -0.274 e. The standard InChI is InChI=1S/C12H12ClNO2S/c1-2-17-10-7-11(15)14(12(10)16)9-5-3-4-8(13)6-9/h3-6,10H,2,7H2,1H3/t10-/m1/s1. The first-order valence-corrected chi connectivity index (χ1v) is 6.80. The quantitative estimate of drug-likeness (QED) is 0.792. The summed E-state index contributed by atoms with van der Waals surface area (Å²) in [5.41, 5.74) is 0.562. The van der Waals surface area contributed by atoms with Gasteiger partial charge in [-0.15, -0.1) is 11.8 Å². The van der Waals surface area contributed by atoms with Crippen LogP contribution in [0.1, 0.15) is 13.3 Å². The molecule has 2 rings (SSSR count). The van der Waals surface area contributed by atoms with Gasteiger partial charge in [-0.3, -0.25) is 9.59 Å². The fraction of sp³-hybridized carbons (Fsp3) is 0.333. The Morgan fingerprint density at radius 1 is 1.47 bits per heavy atom. The molecule has 1 heterocycles. The Morgan fingerprint density at radius 3 is 2.88 bits per heavy atom. The van der Waals surface area contributed by atoms with Crippen molar-refractivity contribution in [1.82, 2.24) is 0 Å². The Morgan fingerprint density at radius 2 is 2.24 bits per heavy atom. The highest BCUT2D eigenvalue weighted by atomic mass is 35.5. The lowest BCUT2D eigenvalue weighted by Gasteiger charge is -2.14. The molecule has 0 saturated carbocycles. The molecule has 2 amide bonds. The molecule has 90 valence electrons. The number of thioether (sulfide) groups is 1. The molecule has 3 nitrogen and oxygen atoms in total. The van der Waals surface area contributed by atoms with Crippen LogP contribution in [0, 0.1) is 0 Å². The summed E-state index contributed by atoms with van der Waals surface area (Å²) in [7, 11) is 0. The van der Waals surface area contributed by atoms with Gasteiger partial charge in [-0.05, 0) is 24.0 Å². The van der Waals surface area contributed by atoms with E-state index in [0.717, 1.165) is 5.75 Å². The summed E-state index contributed by atoms with van der Waals surface area (Å²) in [4.78, 5) is 25.1. The minimum atomic E-state index is -0.244. The average Bonchev–Trinajstić information content (AvgIpc) is 2.55. The van der Waals surface area contributed by atoms with Gasteiger partial charge in [0.25, 0.3) is 0 Å². The first-order valence-electron chi connectivity index (χ1n) is 5.37. The first kappa shape index (κ1) is 12.5. The van der Waals surface area contributed by atoms with E-state index in [1.54, 1.807) is 24.3 Å². The van der Waals surface area contributed by atoms with E-state index in [-0.39, 0.29) is 23.5 Å². The number of rotatable bonds is 3. The summed E-state index contributed by atoms with van der Waals surface area (Å²) in [6.07, 6.45) is 0.282. The summed E-state index contributed by atoms with van der Waals surface area (Å²) in [5.74, 6) is 0.542. The van der Waals surface area contributed by atoms with Crippen LogP contribution in [0.2, 0.25) is 5.02 Å². The van der Waals surface area contributed by atoms with Gasteiger partial charge in [0.1, 0.15) is 0 Å². The summed E-state index contributed by atoms with van der Waals surface area (Å²) >= 11 is 7.37. The highest BCUT2D eigenvalue weighted by Gasteiger charge is 2.39. The molecule has 1 aliphatic heterocycles. The molecular weight excluding hydrogens is 258 g/mol. The molecule has 1 aliphatic rings. The molecule has 0 unspecified atom stereocenters. The first-order chi connectivity index (χ1) is 8.13. The number of benzene rings is 1. The SMILES string of the molecule is CCS[C@@H]1CC(=O)N(c2cccc(Cl)c2)C1=O. The van der Waals surface area contributed by atoms with E-state index in [1.165, 1.54) is 16.7 Å². The fourth-order valence-corrected chi connectivity index (χ4v) is 2.92. The molecule has 1 aromatic carbocycles. The maximum Gasteiger partial charge on any atom is 0.247 e. The molecule has 0 radical (unpaired) electrons. The summed E-state index contributed by atoms with van der Waals surface area (Å²) in [6, 6.07) is 6.81. The van der Waals surface area contributed by atoms with E-state index in [2.05, 4.69) is 0 Å². The zero-order chi connectivity index (χ0) is 12.4. The monoisotopic (exact) mass is 269 g/mol. The lowest BCUT2D eigenvalue weighted by Crippen LogP contribution is -2.31. The number of anilines is 1. The molecule has 17 heavy (non-hydrogen) atoms. The van der Waals surface area contributed by atoms with Gasteiger partial charge in [-0.25, -0.2) is 4.90 Å². The van der Waals surface area contributed by atoms with Crippen LogP contribution in [0.4, 0.5) is 5.69 Å². The third-order valence-electron chi connectivity index (χ3n) is 2.54. The molecule has 0 aliphatic carbocycles. The number of hydrogen-bond donors (Lipinski definition) is 0. The van der Waals surface area contributed by atoms with Crippen LogP contribution in [0.3, 0.4) is 0 Å². The van der Waals surface area contributed by atoms with E-state index in [1.807, 2.05) is 6.92 Å². The third kappa shape index (κ3) is 2.48. The normalized spacial score (nSPS) is 20.1. The average molecular weight is 270 g/mol. The maximum atomic E-state index is 12.1. The zero-order valence-corrected chi connectivity index (χ0v) is 10.9. The van der Waals surface area contributed by atoms with E-state index >= 15 is 0 Å². The molecule has 0 spiro atoms. The Bertz CT molecular complexity index is 464. The molecule has 1 fully saturated rings. The number of carbonyl (C=O) groups is 2. The Kier molecular flexibility index (Phi) is 3.74. The van der Waals surface area contributed by atoms with E-state index < -0.39 is 0 Å². The molecule has 0 N–H and O–H groups in total. The Balaban J connectivity index is 2.27. The molecular formula is C12H12ClNO2S. The third-order valence-corrected chi connectivity index (χ3v) is 3.88. The predicted molar refractivity (Wildman–Crippen MR) is 70.5 cm³/mol. The molecule has 1 aromatic rings. The van der Waals surface area contributed by atoms with Crippen molar-refractivity contribution < 1.29 is 9.59 Å². The van der Waals surface area contributed by atoms with Crippen LogP contribution in [0.25, 0.3) is 0 Å². The molecule has 5 heteroatoms. The minimum absolute atomic E-state index is 0.135. The van der Waals surface area contributed by atoms with Crippen molar-refractivity contribution in [2.24, 2.45) is 0 Å². The highest BCUT2D eigenvalue weighted by Crippen LogP contribution is 2.30. The van der Waals surface area contributed by atoms with Gasteiger partial charge in [0.05, 0.1) is 10.9 Å². The Hall–Kier alpha value is -1.00. The number of amides is 2. The second kappa shape index (κ2) is 5.10. The van der Waals surface area contributed by atoms with Crippen molar-refractivity contribution in [3.8, 4) is 0 Å². The fourth-order valence-electron chi connectivity index (χ4n) is 1.82. The van der Waals surface area contributed by atoms with Gasteiger partial charge in [-0.2, -0.15) is 0 Å². The lowest BCUT2D eigenvalue weighted by atomic mass is 10.3. The number of hydrogen-bond acceptors (Lipinski definition) is 3. The summed E-state index contributed by atoms with van der Waals surface area (Å²) in [6.45, 7) is 1.98. The van der Waals surface area contributed by atoms with Gasteiger partial charge in [0.15, 0.2) is 0 Å². The van der Waals surface area contributed by atoms with Gasteiger partial charge >= 0.3 is 0 Å². The van der Waals surface area contributed by atoms with Gasteiger partial charge < -0.3 is 0 Å². The predicted octanol–water partition coefficient (Wildman–Crippen LogP) is 2.73. The van der Waals surface area contributed by atoms with E-state index in [9.17, 15) is 9.59 Å². The number of halogens is 1. The Labute approximate surface area is 109 Å². The van der Waals surface area contributed by atoms with E-state index in [0.29, 0.717) is 10.7 Å². The summed E-state index contributed by atoms with van der Waals surface area (Å²) < 4.78 is 0. The maximum absolute atomic E-state index is 12.1. The van der Waals surface area contributed by atoms with Crippen LogP contribution < -0.4 is 4.90 Å². The van der Waals surface area contributed by atoms with E-state index in [4.69, 9.17) is 11.6 Å². The lowest BCUT2D eigenvalue weighted by molar-refractivity contribution is -0.121. The second-order valence-electron chi connectivity index (χ2n) is 3.70. The highest BCUT2D eigenvalue weighted by molar-refractivity contribution is 8.00. The van der Waals surface area contributed by atoms with Crippen molar-refractivity contribution in [3.05, 3.63) is 29.3 Å². The van der Waals surface area contributed by atoms with Crippen LogP contribution in [0.15, 0.2) is 24.3 Å². The second-order valence-corrected chi connectivity index (χ2v) is 5.61. The van der Waals surface area contributed by atoms with Gasteiger partial charge in [-0.1, -0.05) is 24.6 Å². The van der Waals surface area contributed by atoms with Crippen LogP contribution >= 0.6 is 23.4 Å². The van der Waals surface area contributed by atoms with Crippen LogP contribution in [-0.4, -0.2) is 22.8 Å². The van der Waals surface area contributed by atoms with Crippen LogP contribution in [0.5, 0.6) is 0 Å². The summed E-state index contributed by atoms with van der Waals surface area (Å²) in [5, 5.41) is 0.279. The van der Waals surface area contributed by atoms with Crippen molar-refractivity contribution >= 4 is 40.9 Å². The van der Waals surface area contributed by atoms with Crippen molar-refractivity contribution in [2.75, 3.05) is 10.7 Å². The van der Waals surface area contributed by atoms with Crippen molar-refractivity contribution in [1.29, 1.82) is 0 Å². The topological polar surface area (TPSA) is 37.4 Å². The van der Waals surface area contributed by atoms with Gasteiger partial charge in [0.2, 0.25) is 11.8 Å². The molecule has 1 saturated heterocycles. The number of imide groups is 1. The smallest absolute Gasteiger partial charge is 0.247 e. The van der Waals surface area contributed by atoms with Crippen molar-refractivity contribution in [2.45, 2.75) is 18.6 Å². The number of carbonyl (C=O) groups excluding carboxylic acids is 2.